The molecule has 0 amide bonds. The number of nitrogens with two attached hydrogens (primary N) is 1. The first-order chi connectivity index (χ1) is 7.72. The summed E-state index contributed by atoms with van der Waals surface area (Å²) in [4.78, 5) is 0. The Morgan fingerprint density at radius 3 is 2.50 bits per heavy atom. The molecule has 1 unspecified atom stereocenters. The molecule has 86 valence electrons. The smallest absolute Gasteiger partial charge is 0.161 e. The van der Waals surface area contributed by atoms with Crippen LogP contribution >= 0.6 is 0 Å². The quantitative estimate of drug-likeness (QED) is 0.825. The molecule has 3 nitrogen and oxygen atoms in total. The molecule has 1 fully saturated rings. The molecule has 16 heavy (non-hydrogen) atoms. The molecule has 2 aliphatic rings. The van der Waals surface area contributed by atoms with Crippen LogP contribution in [0.5, 0.6) is 11.5 Å². The van der Waals surface area contributed by atoms with Gasteiger partial charge in [0.15, 0.2) is 11.5 Å². The summed E-state index contributed by atoms with van der Waals surface area (Å²) in [6.07, 6.45) is 2.37. The second kappa shape index (κ2) is 3.39. The van der Waals surface area contributed by atoms with Gasteiger partial charge in [0, 0.05) is 11.5 Å². The third-order valence-corrected chi connectivity index (χ3v) is 3.78. The molecule has 0 spiro atoms. The van der Waals surface area contributed by atoms with E-state index in [0.29, 0.717) is 13.2 Å². The average Bonchev–Trinajstić information content (AvgIpc) is 3.09. The Kier molecular flexibility index (Phi) is 2.11. The molecule has 1 atom stereocenters. The van der Waals surface area contributed by atoms with E-state index < -0.39 is 0 Å². The van der Waals surface area contributed by atoms with Gasteiger partial charge >= 0.3 is 0 Å². The minimum absolute atomic E-state index is 0.190. The predicted molar refractivity (Wildman–Crippen MR) is 62.0 cm³/mol. The van der Waals surface area contributed by atoms with Gasteiger partial charge in [-0.15, -0.1) is 0 Å². The van der Waals surface area contributed by atoms with Crippen molar-refractivity contribution in [1.82, 2.24) is 0 Å². The molecule has 0 aromatic heterocycles. The van der Waals surface area contributed by atoms with Crippen LogP contribution in [0, 0.1) is 0 Å². The molecule has 1 saturated carbocycles. The van der Waals surface area contributed by atoms with Crippen molar-refractivity contribution in [2.75, 3.05) is 13.2 Å². The Bertz CT molecular complexity index is 410. The molecule has 1 aromatic carbocycles. The molecular weight excluding hydrogens is 202 g/mol. The van der Waals surface area contributed by atoms with Crippen LogP contribution in [-0.4, -0.2) is 19.3 Å². The van der Waals surface area contributed by atoms with Crippen LogP contribution in [0.15, 0.2) is 18.2 Å². The lowest BCUT2D eigenvalue weighted by molar-refractivity contribution is 0.171. The molecule has 2 N–H and O–H groups in total. The highest BCUT2D eigenvalue weighted by Crippen LogP contribution is 2.51. The number of rotatable bonds is 2. The lowest BCUT2D eigenvalue weighted by Gasteiger charge is -2.24. The maximum atomic E-state index is 6.07. The van der Waals surface area contributed by atoms with Gasteiger partial charge in [-0.2, -0.15) is 0 Å². The summed E-state index contributed by atoms with van der Waals surface area (Å²) in [7, 11) is 0. The maximum Gasteiger partial charge on any atom is 0.161 e. The summed E-state index contributed by atoms with van der Waals surface area (Å²) >= 11 is 0. The van der Waals surface area contributed by atoms with E-state index in [0.717, 1.165) is 11.5 Å². The van der Waals surface area contributed by atoms with Crippen LogP contribution in [0.1, 0.15) is 25.3 Å². The van der Waals surface area contributed by atoms with E-state index in [1.807, 2.05) is 6.07 Å². The van der Waals surface area contributed by atoms with E-state index in [-0.39, 0.29) is 11.5 Å². The molecule has 1 aliphatic heterocycles. The van der Waals surface area contributed by atoms with Crippen LogP contribution in [0.3, 0.4) is 0 Å². The van der Waals surface area contributed by atoms with Gasteiger partial charge in [-0.1, -0.05) is 6.07 Å². The Labute approximate surface area is 95.5 Å². The van der Waals surface area contributed by atoms with E-state index in [1.54, 1.807) is 0 Å². The van der Waals surface area contributed by atoms with Gasteiger partial charge in [-0.05, 0) is 37.5 Å². The van der Waals surface area contributed by atoms with Crippen LogP contribution in [-0.2, 0) is 5.41 Å². The molecule has 1 heterocycles. The lowest BCUT2D eigenvalue weighted by atomic mass is 9.89. The van der Waals surface area contributed by atoms with Gasteiger partial charge in [0.25, 0.3) is 0 Å². The molecule has 1 aliphatic carbocycles. The molecule has 0 bridgehead atoms. The van der Waals surface area contributed by atoms with E-state index in [4.69, 9.17) is 15.2 Å². The predicted octanol–water partition coefficient (Wildman–Crippen LogP) is 1.84. The zero-order chi connectivity index (χ0) is 11.2. The molecule has 1 aromatic rings. The Hall–Kier alpha value is -1.22. The molecule has 0 saturated heterocycles. The monoisotopic (exact) mass is 219 g/mol. The van der Waals surface area contributed by atoms with E-state index >= 15 is 0 Å². The first-order valence-corrected chi connectivity index (χ1v) is 5.88. The fraction of sp³-hybridized carbons (Fsp3) is 0.538. The highest BCUT2D eigenvalue weighted by atomic mass is 16.6. The molecule has 0 radical (unpaired) electrons. The first-order valence-electron chi connectivity index (χ1n) is 5.88. The minimum Gasteiger partial charge on any atom is -0.486 e. The third-order valence-electron chi connectivity index (χ3n) is 3.78. The summed E-state index contributed by atoms with van der Waals surface area (Å²) in [6, 6.07) is 6.44. The van der Waals surface area contributed by atoms with Crippen LogP contribution in [0.2, 0.25) is 0 Å². The number of hydrogen-bond acceptors (Lipinski definition) is 3. The molecular formula is C13H17NO2. The summed E-state index contributed by atoms with van der Waals surface area (Å²) in [5, 5.41) is 0. The Morgan fingerprint density at radius 1 is 1.19 bits per heavy atom. The molecule has 3 heteroatoms. The van der Waals surface area contributed by atoms with Gasteiger partial charge in [-0.25, -0.2) is 0 Å². The van der Waals surface area contributed by atoms with Gasteiger partial charge in [0.1, 0.15) is 13.2 Å². The number of benzene rings is 1. The third kappa shape index (κ3) is 1.39. The van der Waals surface area contributed by atoms with Crippen molar-refractivity contribution in [3.63, 3.8) is 0 Å². The van der Waals surface area contributed by atoms with E-state index in [1.165, 1.54) is 18.4 Å². The SMILES string of the molecule is CC(N)C1(c2ccc3c(c2)OCCO3)CC1. The second-order valence-corrected chi connectivity index (χ2v) is 4.80. The topological polar surface area (TPSA) is 44.5 Å². The number of ether oxygens (including phenoxy) is 2. The van der Waals surface area contributed by atoms with Crippen molar-refractivity contribution in [1.29, 1.82) is 0 Å². The van der Waals surface area contributed by atoms with E-state index in [9.17, 15) is 0 Å². The standard InChI is InChI=1S/C13H17NO2/c1-9(14)13(4-5-13)10-2-3-11-12(8-10)16-7-6-15-11/h2-3,8-9H,4-7,14H2,1H3. The highest BCUT2D eigenvalue weighted by molar-refractivity contribution is 5.48. The minimum atomic E-state index is 0.190. The Balaban J connectivity index is 1.97. The maximum absolute atomic E-state index is 6.07. The van der Waals surface area contributed by atoms with Crippen molar-refractivity contribution < 1.29 is 9.47 Å². The lowest BCUT2D eigenvalue weighted by Crippen LogP contribution is -2.31. The zero-order valence-corrected chi connectivity index (χ0v) is 9.53. The largest absolute Gasteiger partial charge is 0.486 e. The van der Waals surface area contributed by atoms with E-state index in [2.05, 4.69) is 19.1 Å². The number of hydrogen-bond donors (Lipinski definition) is 1. The normalized spacial score (nSPS) is 22.6. The first kappa shape index (κ1) is 9.97. The van der Waals surface area contributed by atoms with Crippen LogP contribution in [0.25, 0.3) is 0 Å². The average molecular weight is 219 g/mol. The van der Waals surface area contributed by atoms with Crippen molar-refractivity contribution in [2.24, 2.45) is 5.73 Å². The fourth-order valence-electron chi connectivity index (χ4n) is 2.49. The summed E-state index contributed by atoms with van der Waals surface area (Å²) in [6.45, 7) is 3.37. The summed E-state index contributed by atoms with van der Waals surface area (Å²) < 4.78 is 11.1. The second-order valence-electron chi connectivity index (χ2n) is 4.80. The highest BCUT2D eigenvalue weighted by Gasteiger charge is 2.47. The fourth-order valence-corrected chi connectivity index (χ4v) is 2.49. The van der Waals surface area contributed by atoms with Crippen LogP contribution < -0.4 is 15.2 Å². The summed E-state index contributed by atoms with van der Waals surface area (Å²) in [5.41, 5.74) is 7.56. The van der Waals surface area contributed by atoms with Crippen molar-refractivity contribution >= 4 is 0 Å². The number of fused-ring (bicyclic) bond motifs is 1. The Morgan fingerprint density at radius 2 is 1.88 bits per heavy atom. The van der Waals surface area contributed by atoms with Gasteiger partial charge in [0.05, 0.1) is 0 Å². The summed E-state index contributed by atoms with van der Waals surface area (Å²) in [5.74, 6) is 1.73. The van der Waals surface area contributed by atoms with Crippen molar-refractivity contribution in [3.8, 4) is 11.5 Å². The van der Waals surface area contributed by atoms with Gasteiger partial charge < -0.3 is 15.2 Å². The van der Waals surface area contributed by atoms with Gasteiger partial charge in [-0.3, -0.25) is 0 Å². The van der Waals surface area contributed by atoms with Crippen molar-refractivity contribution in [3.05, 3.63) is 23.8 Å². The van der Waals surface area contributed by atoms with Crippen LogP contribution in [0.4, 0.5) is 0 Å². The van der Waals surface area contributed by atoms with Gasteiger partial charge in [0.2, 0.25) is 0 Å². The van der Waals surface area contributed by atoms with Crippen molar-refractivity contribution in [2.45, 2.75) is 31.2 Å². The zero-order valence-electron chi connectivity index (χ0n) is 9.53. The molecule has 3 rings (SSSR count).